The van der Waals surface area contributed by atoms with Gasteiger partial charge in [0.2, 0.25) is 5.88 Å². The van der Waals surface area contributed by atoms with Gasteiger partial charge in [0.1, 0.15) is 0 Å². The Bertz CT molecular complexity index is 975. The highest BCUT2D eigenvalue weighted by molar-refractivity contribution is 5.88. The monoisotopic (exact) mass is 394 g/mol. The van der Waals surface area contributed by atoms with Gasteiger partial charge < -0.3 is 19.3 Å². The fourth-order valence-corrected chi connectivity index (χ4v) is 4.52. The van der Waals surface area contributed by atoms with E-state index in [9.17, 15) is 5.11 Å². The Morgan fingerprint density at radius 1 is 1.07 bits per heavy atom. The standard InChI is InChI=1S/C22H26N4O3/c27-14-17-4-3-7-21(23-17)28-15-16-8-9-18-13-26(11-10-25(18)12-16)22-19-5-1-2-6-20(19)29-24-22/h1-7,16,18,27H,8-15H2/t16-,18+/m1/s1. The topological polar surface area (TPSA) is 74.9 Å². The number of nitrogens with zero attached hydrogens (tertiary/aromatic N) is 4. The lowest BCUT2D eigenvalue weighted by molar-refractivity contribution is 0.0715. The first-order valence-corrected chi connectivity index (χ1v) is 10.3. The molecule has 2 saturated heterocycles. The smallest absolute Gasteiger partial charge is 0.213 e. The molecule has 1 N–H and O–H groups in total. The summed E-state index contributed by atoms with van der Waals surface area (Å²) >= 11 is 0. The number of para-hydroxylation sites is 1. The quantitative estimate of drug-likeness (QED) is 0.713. The number of hydrogen-bond acceptors (Lipinski definition) is 7. The highest BCUT2D eigenvalue weighted by Gasteiger charge is 2.34. The summed E-state index contributed by atoms with van der Waals surface area (Å²) in [5.74, 6) is 2.08. The second kappa shape index (κ2) is 8.00. The van der Waals surface area contributed by atoms with E-state index >= 15 is 0 Å². The average molecular weight is 394 g/mol. The van der Waals surface area contributed by atoms with Gasteiger partial charge in [0.15, 0.2) is 11.4 Å². The summed E-state index contributed by atoms with van der Waals surface area (Å²) in [6.07, 6.45) is 2.30. The fraction of sp³-hybridized carbons (Fsp3) is 0.455. The van der Waals surface area contributed by atoms with Gasteiger partial charge in [0.05, 0.1) is 24.3 Å². The molecule has 7 nitrogen and oxygen atoms in total. The van der Waals surface area contributed by atoms with Crippen molar-refractivity contribution < 1.29 is 14.4 Å². The largest absolute Gasteiger partial charge is 0.477 e. The van der Waals surface area contributed by atoms with Gasteiger partial charge in [-0.1, -0.05) is 23.4 Å². The van der Waals surface area contributed by atoms with Crippen molar-refractivity contribution in [2.24, 2.45) is 5.92 Å². The normalized spacial score (nSPS) is 22.6. The van der Waals surface area contributed by atoms with Crippen molar-refractivity contribution in [2.75, 3.05) is 37.7 Å². The molecule has 2 aromatic heterocycles. The Hall–Kier alpha value is -2.64. The van der Waals surface area contributed by atoms with Crippen LogP contribution in [0.5, 0.6) is 5.88 Å². The molecule has 152 valence electrons. The number of benzene rings is 1. The molecular weight excluding hydrogens is 368 g/mol. The SMILES string of the molecule is OCc1cccc(OC[C@@H]2CC[C@H]3CN(c4noc5ccccc45)CCN3C2)n1. The van der Waals surface area contributed by atoms with E-state index in [2.05, 4.69) is 26.0 Å². The number of piperazine rings is 1. The maximum Gasteiger partial charge on any atom is 0.213 e. The number of fused-ring (bicyclic) bond motifs is 2. The lowest BCUT2D eigenvalue weighted by Crippen LogP contribution is -2.57. The van der Waals surface area contributed by atoms with Crippen LogP contribution >= 0.6 is 0 Å². The predicted molar refractivity (Wildman–Crippen MR) is 110 cm³/mol. The third-order valence-corrected chi connectivity index (χ3v) is 6.07. The van der Waals surface area contributed by atoms with Crippen LogP contribution in [-0.2, 0) is 6.61 Å². The van der Waals surface area contributed by atoms with Crippen LogP contribution in [0.4, 0.5) is 5.82 Å². The van der Waals surface area contributed by atoms with Gasteiger partial charge in [-0.15, -0.1) is 0 Å². The maximum absolute atomic E-state index is 9.22. The van der Waals surface area contributed by atoms with Crippen LogP contribution in [0.2, 0.25) is 0 Å². The lowest BCUT2D eigenvalue weighted by Gasteiger charge is -2.46. The number of aromatic nitrogens is 2. The molecule has 5 rings (SSSR count). The minimum atomic E-state index is -0.0621. The average Bonchev–Trinajstić information content (AvgIpc) is 3.21. The van der Waals surface area contributed by atoms with E-state index in [0.29, 0.717) is 30.1 Å². The van der Waals surface area contributed by atoms with Gasteiger partial charge in [-0.2, -0.15) is 0 Å². The summed E-state index contributed by atoms with van der Waals surface area (Å²) < 4.78 is 11.4. The van der Waals surface area contributed by atoms with Gasteiger partial charge in [-0.05, 0) is 31.0 Å². The van der Waals surface area contributed by atoms with Gasteiger partial charge in [0, 0.05) is 44.2 Å². The first-order chi connectivity index (χ1) is 14.3. The van der Waals surface area contributed by atoms with Crippen molar-refractivity contribution in [2.45, 2.75) is 25.5 Å². The van der Waals surface area contributed by atoms with Crippen LogP contribution in [0.1, 0.15) is 18.5 Å². The van der Waals surface area contributed by atoms with Crippen LogP contribution < -0.4 is 9.64 Å². The second-order valence-corrected chi connectivity index (χ2v) is 7.98. The van der Waals surface area contributed by atoms with Crippen molar-refractivity contribution in [1.82, 2.24) is 15.0 Å². The molecule has 2 atom stereocenters. The molecule has 4 heterocycles. The van der Waals surface area contributed by atoms with Crippen molar-refractivity contribution in [3.8, 4) is 5.88 Å². The van der Waals surface area contributed by atoms with Crippen LogP contribution in [-0.4, -0.2) is 59.0 Å². The van der Waals surface area contributed by atoms with Gasteiger partial charge in [-0.3, -0.25) is 4.90 Å². The first kappa shape index (κ1) is 18.4. The Morgan fingerprint density at radius 3 is 2.93 bits per heavy atom. The molecule has 2 aliphatic heterocycles. The fourth-order valence-electron chi connectivity index (χ4n) is 4.52. The summed E-state index contributed by atoms with van der Waals surface area (Å²) in [5, 5.41) is 14.7. The maximum atomic E-state index is 9.22. The number of anilines is 1. The highest BCUT2D eigenvalue weighted by Crippen LogP contribution is 2.31. The minimum absolute atomic E-state index is 0.0621. The molecule has 0 aliphatic carbocycles. The number of ether oxygens (including phenoxy) is 1. The van der Waals surface area contributed by atoms with Crippen LogP contribution in [0.15, 0.2) is 47.0 Å². The van der Waals surface area contributed by atoms with E-state index in [1.807, 2.05) is 30.3 Å². The number of hydrogen-bond donors (Lipinski definition) is 1. The molecule has 2 aliphatic rings. The van der Waals surface area contributed by atoms with E-state index in [-0.39, 0.29) is 6.61 Å². The number of pyridine rings is 1. The van der Waals surface area contributed by atoms with E-state index in [1.165, 1.54) is 0 Å². The molecule has 0 spiro atoms. The molecule has 0 amide bonds. The third kappa shape index (κ3) is 3.80. The molecule has 0 unspecified atom stereocenters. The van der Waals surface area contributed by atoms with Crippen LogP contribution in [0, 0.1) is 5.92 Å². The summed E-state index contributed by atoms with van der Waals surface area (Å²) in [4.78, 5) is 9.27. The summed E-state index contributed by atoms with van der Waals surface area (Å²) in [6.45, 7) is 4.64. The van der Waals surface area contributed by atoms with Gasteiger partial charge in [0.25, 0.3) is 0 Å². The summed E-state index contributed by atoms with van der Waals surface area (Å²) in [5.41, 5.74) is 1.49. The first-order valence-electron chi connectivity index (χ1n) is 10.3. The van der Waals surface area contributed by atoms with Gasteiger partial charge in [-0.25, -0.2) is 4.98 Å². The Labute approximate surface area is 169 Å². The van der Waals surface area contributed by atoms with Gasteiger partial charge >= 0.3 is 0 Å². The van der Waals surface area contributed by atoms with Crippen LogP contribution in [0.3, 0.4) is 0 Å². The summed E-state index contributed by atoms with van der Waals surface area (Å²) in [6, 6.07) is 14.1. The zero-order valence-electron chi connectivity index (χ0n) is 16.4. The van der Waals surface area contributed by atoms with E-state index < -0.39 is 0 Å². The molecule has 0 bridgehead atoms. The molecule has 0 radical (unpaired) electrons. The van der Waals surface area contributed by atoms with Crippen molar-refractivity contribution in [3.05, 3.63) is 48.2 Å². The number of piperidine rings is 1. The van der Waals surface area contributed by atoms with E-state index in [4.69, 9.17) is 9.26 Å². The van der Waals surface area contributed by atoms with E-state index in [1.54, 1.807) is 6.07 Å². The Kier molecular flexibility index (Phi) is 5.08. The zero-order chi connectivity index (χ0) is 19.6. The number of aliphatic hydroxyl groups is 1. The summed E-state index contributed by atoms with van der Waals surface area (Å²) in [7, 11) is 0. The number of rotatable bonds is 5. The molecule has 3 aromatic rings. The molecule has 0 saturated carbocycles. The molecule has 29 heavy (non-hydrogen) atoms. The third-order valence-electron chi connectivity index (χ3n) is 6.07. The second-order valence-electron chi connectivity index (χ2n) is 7.98. The van der Waals surface area contributed by atoms with Crippen molar-refractivity contribution >= 4 is 16.8 Å². The number of aliphatic hydroxyl groups excluding tert-OH is 1. The zero-order valence-corrected chi connectivity index (χ0v) is 16.4. The molecule has 1 aromatic carbocycles. The molecule has 7 heteroatoms. The Balaban J connectivity index is 1.18. The van der Waals surface area contributed by atoms with Crippen LogP contribution in [0.25, 0.3) is 11.0 Å². The predicted octanol–water partition coefficient (Wildman–Crippen LogP) is 2.69. The highest BCUT2D eigenvalue weighted by atomic mass is 16.5. The van der Waals surface area contributed by atoms with Crippen molar-refractivity contribution in [1.29, 1.82) is 0 Å². The molecule has 2 fully saturated rings. The minimum Gasteiger partial charge on any atom is -0.477 e. The Morgan fingerprint density at radius 2 is 2.00 bits per heavy atom. The van der Waals surface area contributed by atoms with Crippen molar-refractivity contribution in [3.63, 3.8) is 0 Å². The molecular formula is C22H26N4O3. The van der Waals surface area contributed by atoms with E-state index in [0.717, 1.165) is 55.8 Å². The lowest BCUT2D eigenvalue weighted by atomic mass is 9.91.